The summed E-state index contributed by atoms with van der Waals surface area (Å²) in [7, 11) is 0. The van der Waals surface area contributed by atoms with Crippen LogP contribution in [0.2, 0.25) is 0 Å². The van der Waals surface area contributed by atoms with Crippen molar-refractivity contribution in [3.63, 3.8) is 0 Å². The van der Waals surface area contributed by atoms with Gasteiger partial charge in [0.25, 0.3) is 0 Å². The van der Waals surface area contributed by atoms with Gasteiger partial charge in [-0.05, 0) is 31.9 Å². The maximum absolute atomic E-state index is 5.39. The fourth-order valence-electron chi connectivity index (χ4n) is 1.76. The zero-order valence-electron chi connectivity index (χ0n) is 7.99. The average Bonchev–Trinajstić information content (AvgIpc) is 2.71. The molecule has 1 aromatic rings. The van der Waals surface area contributed by atoms with E-state index in [0.717, 1.165) is 11.5 Å². The molecule has 0 spiro atoms. The summed E-state index contributed by atoms with van der Waals surface area (Å²) < 4.78 is 5.39. The summed E-state index contributed by atoms with van der Waals surface area (Å²) in [4.78, 5) is 4.49. The standard InChI is InChI=1S/C11H15NO/c1-9-6-7-11(13-9)8-12-10-4-2-3-5-10/h6-8,10H,2-5H2,1H3. The van der Waals surface area contributed by atoms with Gasteiger partial charge in [0, 0.05) is 0 Å². The Morgan fingerprint density at radius 2 is 2.15 bits per heavy atom. The Kier molecular flexibility index (Phi) is 2.48. The van der Waals surface area contributed by atoms with E-state index in [9.17, 15) is 0 Å². The van der Waals surface area contributed by atoms with Gasteiger partial charge in [0.05, 0.1) is 12.3 Å². The third-order valence-electron chi connectivity index (χ3n) is 2.50. The molecule has 0 aromatic carbocycles. The molecule has 0 atom stereocenters. The lowest BCUT2D eigenvalue weighted by Gasteiger charge is -1.98. The van der Waals surface area contributed by atoms with Crippen LogP contribution in [0.3, 0.4) is 0 Å². The molecular formula is C11H15NO. The van der Waals surface area contributed by atoms with Crippen LogP contribution in [0.25, 0.3) is 0 Å². The van der Waals surface area contributed by atoms with Crippen molar-refractivity contribution in [1.29, 1.82) is 0 Å². The van der Waals surface area contributed by atoms with Gasteiger partial charge in [0.15, 0.2) is 0 Å². The van der Waals surface area contributed by atoms with Crippen LogP contribution in [0.5, 0.6) is 0 Å². The van der Waals surface area contributed by atoms with E-state index in [1.165, 1.54) is 25.7 Å². The highest BCUT2D eigenvalue weighted by Gasteiger charge is 2.12. The Labute approximate surface area is 78.7 Å². The van der Waals surface area contributed by atoms with Gasteiger partial charge >= 0.3 is 0 Å². The number of furan rings is 1. The molecular weight excluding hydrogens is 162 g/mol. The van der Waals surface area contributed by atoms with Crippen molar-refractivity contribution in [2.45, 2.75) is 38.6 Å². The van der Waals surface area contributed by atoms with E-state index in [1.807, 2.05) is 25.3 Å². The van der Waals surface area contributed by atoms with Crippen LogP contribution in [-0.4, -0.2) is 12.3 Å². The highest BCUT2D eigenvalue weighted by atomic mass is 16.3. The minimum absolute atomic E-state index is 0.547. The molecule has 13 heavy (non-hydrogen) atoms. The van der Waals surface area contributed by atoms with E-state index in [-0.39, 0.29) is 0 Å². The van der Waals surface area contributed by atoms with Crippen molar-refractivity contribution in [3.05, 3.63) is 23.7 Å². The highest BCUT2D eigenvalue weighted by Crippen LogP contribution is 2.20. The van der Waals surface area contributed by atoms with Crippen molar-refractivity contribution < 1.29 is 4.42 Å². The van der Waals surface area contributed by atoms with Gasteiger partial charge in [-0.15, -0.1) is 0 Å². The highest BCUT2D eigenvalue weighted by molar-refractivity contribution is 5.75. The molecule has 2 heteroatoms. The zero-order chi connectivity index (χ0) is 9.10. The summed E-state index contributed by atoms with van der Waals surface area (Å²) in [5.74, 6) is 1.83. The molecule has 0 saturated heterocycles. The lowest BCUT2D eigenvalue weighted by atomic mass is 10.3. The summed E-state index contributed by atoms with van der Waals surface area (Å²) in [6, 6.07) is 4.48. The number of hydrogen-bond donors (Lipinski definition) is 0. The first-order valence-corrected chi connectivity index (χ1v) is 4.94. The van der Waals surface area contributed by atoms with Gasteiger partial charge < -0.3 is 4.42 Å². The van der Waals surface area contributed by atoms with E-state index >= 15 is 0 Å². The second kappa shape index (κ2) is 3.77. The molecule has 1 aliphatic carbocycles. The largest absolute Gasteiger partial charge is 0.460 e. The van der Waals surface area contributed by atoms with Crippen LogP contribution in [-0.2, 0) is 0 Å². The van der Waals surface area contributed by atoms with E-state index in [0.29, 0.717) is 6.04 Å². The summed E-state index contributed by atoms with van der Waals surface area (Å²) >= 11 is 0. The van der Waals surface area contributed by atoms with Crippen molar-refractivity contribution in [1.82, 2.24) is 0 Å². The topological polar surface area (TPSA) is 25.5 Å². The van der Waals surface area contributed by atoms with Crippen LogP contribution in [0.15, 0.2) is 21.5 Å². The van der Waals surface area contributed by atoms with Crippen molar-refractivity contribution in [2.24, 2.45) is 4.99 Å². The van der Waals surface area contributed by atoms with Gasteiger partial charge in [-0.25, -0.2) is 0 Å². The number of aliphatic imine (C=N–C) groups is 1. The fraction of sp³-hybridized carbons (Fsp3) is 0.545. The smallest absolute Gasteiger partial charge is 0.144 e. The molecule has 1 aliphatic rings. The Bertz CT molecular complexity index is 295. The molecule has 0 aliphatic heterocycles. The molecule has 1 fully saturated rings. The van der Waals surface area contributed by atoms with E-state index in [1.54, 1.807) is 0 Å². The Hall–Kier alpha value is -1.05. The normalized spacial score (nSPS) is 18.8. The predicted molar refractivity (Wildman–Crippen MR) is 53.3 cm³/mol. The predicted octanol–water partition coefficient (Wildman–Crippen LogP) is 2.95. The van der Waals surface area contributed by atoms with Crippen LogP contribution < -0.4 is 0 Å². The maximum Gasteiger partial charge on any atom is 0.144 e. The van der Waals surface area contributed by atoms with Gasteiger partial charge in [-0.1, -0.05) is 12.8 Å². The Balaban J connectivity index is 1.96. The van der Waals surface area contributed by atoms with Crippen molar-refractivity contribution >= 4 is 6.21 Å². The summed E-state index contributed by atoms with van der Waals surface area (Å²) in [5.41, 5.74) is 0. The maximum atomic E-state index is 5.39. The Morgan fingerprint density at radius 3 is 2.77 bits per heavy atom. The molecule has 0 N–H and O–H groups in total. The minimum Gasteiger partial charge on any atom is -0.460 e. The van der Waals surface area contributed by atoms with Crippen molar-refractivity contribution in [2.75, 3.05) is 0 Å². The van der Waals surface area contributed by atoms with Crippen LogP contribution in [0, 0.1) is 6.92 Å². The number of nitrogens with zero attached hydrogens (tertiary/aromatic N) is 1. The van der Waals surface area contributed by atoms with Gasteiger partial charge in [0.2, 0.25) is 0 Å². The molecule has 2 rings (SSSR count). The summed E-state index contributed by atoms with van der Waals surface area (Å²) in [6.45, 7) is 1.95. The van der Waals surface area contributed by atoms with Gasteiger partial charge in [-0.2, -0.15) is 0 Å². The van der Waals surface area contributed by atoms with Gasteiger partial charge in [-0.3, -0.25) is 4.99 Å². The van der Waals surface area contributed by atoms with Crippen molar-refractivity contribution in [3.8, 4) is 0 Å². The monoisotopic (exact) mass is 177 g/mol. The third kappa shape index (κ3) is 2.20. The molecule has 1 heterocycles. The van der Waals surface area contributed by atoms with E-state index < -0.39 is 0 Å². The first kappa shape index (κ1) is 8.54. The molecule has 70 valence electrons. The fourth-order valence-corrected chi connectivity index (χ4v) is 1.76. The minimum atomic E-state index is 0.547. The first-order chi connectivity index (χ1) is 6.34. The second-order valence-electron chi connectivity index (χ2n) is 3.66. The summed E-state index contributed by atoms with van der Waals surface area (Å²) in [5, 5.41) is 0. The lowest BCUT2D eigenvalue weighted by molar-refractivity contribution is 0.527. The molecule has 1 saturated carbocycles. The second-order valence-corrected chi connectivity index (χ2v) is 3.66. The lowest BCUT2D eigenvalue weighted by Crippen LogP contribution is -1.95. The third-order valence-corrected chi connectivity index (χ3v) is 2.50. The molecule has 1 aromatic heterocycles. The quantitative estimate of drug-likeness (QED) is 0.637. The SMILES string of the molecule is Cc1ccc(C=NC2CCCC2)o1. The van der Waals surface area contributed by atoms with Crippen LogP contribution in [0.1, 0.15) is 37.2 Å². The van der Waals surface area contributed by atoms with E-state index in [2.05, 4.69) is 4.99 Å². The molecule has 0 radical (unpaired) electrons. The molecule has 0 unspecified atom stereocenters. The first-order valence-electron chi connectivity index (χ1n) is 4.94. The average molecular weight is 177 g/mol. The number of aryl methyl sites for hydroxylation is 1. The molecule has 0 bridgehead atoms. The zero-order valence-corrected chi connectivity index (χ0v) is 7.99. The number of hydrogen-bond acceptors (Lipinski definition) is 2. The Morgan fingerprint density at radius 1 is 1.38 bits per heavy atom. The van der Waals surface area contributed by atoms with Crippen LogP contribution in [0.4, 0.5) is 0 Å². The molecule has 2 nitrogen and oxygen atoms in total. The molecule has 0 amide bonds. The number of rotatable bonds is 2. The summed E-state index contributed by atoms with van der Waals surface area (Å²) in [6.07, 6.45) is 7.02. The van der Waals surface area contributed by atoms with E-state index in [4.69, 9.17) is 4.42 Å². The van der Waals surface area contributed by atoms with Crippen LogP contribution >= 0.6 is 0 Å². The van der Waals surface area contributed by atoms with Gasteiger partial charge in [0.1, 0.15) is 11.5 Å².